The standard InChI is InChI=1S/C50H29N3OS.2C42H23N3OS/c1-3-15-30(16-4-1)32-27-33(31-17-5-2-6-18-31)29-34(28-32)45-48-46(38-22-10-13-25-41(38)54-48)52-50(51-45)53-40-24-12-9-21-37(40)44-47(53)36-20-8-7-19-35(36)43-39-23-11-14-26-42(39)55-49(43)44;1-2-14-25-24(12-1)13-11-20-27(25)37-40-38(30-18-6-9-22-33(30)46-40)44-42(43-37)45-32-21-8-5-17-29(32)36-39(45)28-16-4-3-15-26(28)35-31-19-7-10-23-34(31)47-41(35)36;1-2-12-25-23-26(22-21-24(25)11-1)37-40-38(30-16-6-9-19-33(30)46-40)44-42(43-37)45-32-18-8-5-15-29(32)36-39(45)28-14-4-3-13-27(28)35-31-17-7-10-20-34(31)47-41(35)36/h1-29H;2*1-23H. The molecule has 0 amide bonds. The van der Waals surface area contributed by atoms with Crippen molar-refractivity contribution in [2.75, 3.05) is 0 Å². The Morgan fingerprint density at radius 3 is 0.899 bits per heavy atom. The lowest BCUT2D eigenvalue weighted by Gasteiger charge is -2.13. The molecule has 0 aliphatic carbocycles. The van der Waals surface area contributed by atoms with Crippen molar-refractivity contribution >= 4 is 280 Å². The Morgan fingerprint density at radius 1 is 0.181 bits per heavy atom. The lowest BCUT2D eigenvalue weighted by atomic mass is 9.95. The van der Waals surface area contributed by atoms with Crippen molar-refractivity contribution in [2.24, 2.45) is 0 Å². The fourth-order valence-corrected chi connectivity index (χ4v) is 27.6. The number of fused-ring (bicyclic) bond motifs is 41. The van der Waals surface area contributed by atoms with Gasteiger partial charge in [0.1, 0.15) is 50.4 Å². The molecule has 692 valence electrons. The maximum atomic E-state index is 6.71. The summed E-state index contributed by atoms with van der Waals surface area (Å²) >= 11 is 5.60. The van der Waals surface area contributed by atoms with E-state index >= 15 is 0 Å². The number of thiophene rings is 3. The van der Waals surface area contributed by atoms with E-state index in [2.05, 4.69) is 420 Å². The summed E-state index contributed by atoms with van der Waals surface area (Å²) in [6.45, 7) is 0. The quantitative estimate of drug-likeness (QED) is 0.146. The molecule has 0 fully saturated rings. The lowest BCUT2D eigenvalue weighted by molar-refractivity contribution is 0.666. The van der Waals surface area contributed by atoms with Crippen molar-refractivity contribution in [1.29, 1.82) is 0 Å². The van der Waals surface area contributed by atoms with Crippen LogP contribution in [0.25, 0.3) is 320 Å². The first-order valence-corrected chi connectivity index (χ1v) is 52.5. The van der Waals surface area contributed by atoms with Gasteiger partial charge in [-0.1, -0.05) is 358 Å². The Hall–Kier alpha value is -19.2. The van der Waals surface area contributed by atoms with E-state index < -0.39 is 0 Å². The number of aromatic nitrogens is 9. The Balaban J connectivity index is 0.0000000993. The second-order valence-electron chi connectivity index (χ2n) is 38.3. The highest BCUT2D eigenvalue weighted by atomic mass is 32.1. The second-order valence-corrected chi connectivity index (χ2v) is 41.5. The fraction of sp³-hybridized carbons (Fsp3) is 0. The van der Waals surface area contributed by atoms with E-state index in [1.807, 2.05) is 82.5 Å². The molecule has 0 spiro atoms. The highest BCUT2D eigenvalue weighted by Gasteiger charge is 2.32. The molecule has 0 saturated heterocycles. The topological polar surface area (TPSA) is 132 Å². The van der Waals surface area contributed by atoms with Crippen molar-refractivity contribution in [3.8, 4) is 73.9 Å². The van der Waals surface area contributed by atoms with Crippen molar-refractivity contribution in [3.05, 3.63) is 455 Å². The van der Waals surface area contributed by atoms with Gasteiger partial charge < -0.3 is 13.3 Å². The summed E-state index contributed by atoms with van der Waals surface area (Å²) in [5.74, 6) is 1.87. The number of para-hydroxylation sites is 6. The van der Waals surface area contributed by atoms with Crippen LogP contribution in [0.1, 0.15) is 0 Å². The average molecular weight is 1960 g/mol. The molecule has 0 bridgehead atoms. The van der Waals surface area contributed by atoms with Crippen LogP contribution < -0.4 is 0 Å². The van der Waals surface area contributed by atoms with Gasteiger partial charge in [0.25, 0.3) is 0 Å². The number of furan rings is 3. The third kappa shape index (κ3) is 12.6. The molecule has 12 heterocycles. The third-order valence-corrected chi connectivity index (χ3v) is 33.7. The first-order chi connectivity index (χ1) is 73.9. The van der Waals surface area contributed by atoms with Crippen LogP contribution in [0, 0.1) is 0 Å². The van der Waals surface area contributed by atoms with E-state index in [9.17, 15) is 0 Å². The zero-order valence-corrected chi connectivity index (χ0v) is 81.7. The van der Waals surface area contributed by atoms with Crippen LogP contribution in [0.2, 0.25) is 0 Å². The lowest BCUT2D eigenvalue weighted by Crippen LogP contribution is -2.03. The second kappa shape index (κ2) is 32.7. The van der Waals surface area contributed by atoms with E-state index in [-0.39, 0.29) is 0 Å². The van der Waals surface area contributed by atoms with Crippen LogP contribution in [-0.4, -0.2) is 43.6 Å². The van der Waals surface area contributed by atoms with E-state index in [1.165, 1.54) is 131 Å². The number of rotatable bonds is 8. The molecule has 0 aliphatic heterocycles. The number of nitrogens with zero attached hydrogens (tertiary/aromatic N) is 9. The number of benzene rings is 22. The number of hydrogen-bond acceptors (Lipinski definition) is 12. The molecule has 0 saturated carbocycles. The van der Waals surface area contributed by atoms with Crippen LogP contribution in [-0.2, 0) is 0 Å². The van der Waals surface area contributed by atoms with Crippen LogP contribution >= 0.6 is 34.0 Å². The molecule has 34 rings (SSSR count). The molecule has 22 aromatic carbocycles. The third-order valence-electron chi connectivity index (χ3n) is 30.2. The summed E-state index contributed by atoms with van der Waals surface area (Å²) in [5.41, 5.74) is 23.2. The molecule has 0 N–H and O–H groups in total. The van der Waals surface area contributed by atoms with E-state index in [0.29, 0.717) is 34.6 Å². The van der Waals surface area contributed by atoms with Crippen LogP contribution in [0.4, 0.5) is 0 Å². The van der Waals surface area contributed by atoms with Gasteiger partial charge in [-0.3, -0.25) is 13.7 Å². The van der Waals surface area contributed by atoms with Gasteiger partial charge in [-0.2, -0.15) is 0 Å². The highest BCUT2D eigenvalue weighted by Crippen LogP contribution is 2.55. The van der Waals surface area contributed by atoms with Crippen LogP contribution in [0.5, 0.6) is 0 Å². The van der Waals surface area contributed by atoms with Gasteiger partial charge >= 0.3 is 0 Å². The molecule has 34 aromatic rings. The van der Waals surface area contributed by atoms with E-state index in [0.717, 1.165) is 155 Å². The SMILES string of the molecule is c1ccc(-c2cc(-c3ccccc3)cc(-c3nc(-n4c5ccccc5c5c6sc7ccccc7c6c6ccccc6c54)nc4c3oc3ccccc34)c2)cc1.c1ccc2c(-c3nc(-n4c5ccccc5c5c6sc7ccccc7c6c6ccccc6c54)nc4c3oc3ccccc34)cccc2c1.c1ccc2cc(-c3nc(-n4c5ccccc5c5c6sc7ccccc7c6c6ccccc6c54)nc4c3oc3ccccc34)ccc2c1. The minimum atomic E-state index is 0.609. The predicted octanol–water partition coefficient (Wildman–Crippen LogP) is 37.6. The molecule has 12 nitrogen and oxygen atoms in total. The largest absolute Gasteiger partial charge is 0.452 e. The zero-order chi connectivity index (χ0) is 97.3. The summed E-state index contributed by atoms with van der Waals surface area (Å²) in [4.78, 5) is 32.6. The van der Waals surface area contributed by atoms with Gasteiger partial charge in [0, 0.05) is 142 Å². The van der Waals surface area contributed by atoms with Gasteiger partial charge in [0.2, 0.25) is 17.8 Å². The van der Waals surface area contributed by atoms with Crippen molar-refractivity contribution < 1.29 is 13.3 Å². The molecule has 0 radical (unpaired) electrons. The van der Waals surface area contributed by atoms with Crippen LogP contribution in [0.15, 0.2) is 468 Å². The van der Waals surface area contributed by atoms with E-state index in [4.69, 9.17) is 43.2 Å². The smallest absolute Gasteiger partial charge is 0.236 e. The summed E-state index contributed by atoms with van der Waals surface area (Å²) in [7, 11) is 0. The Bertz CT molecular complexity index is 11700. The average Bonchev–Trinajstić information content (AvgIpc) is 1.54. The molecule has 0 aliphatic rings. The van der Waals surface area contributed by atoms with Gasteiger partial charge in [0.15, 0.2) is 16.7 Å². The van der Waals surface area contributed by atoms with Crippen molar-refractivity contribution in [1.82, 2.24) is 43.6 Å². The maximum Gasteiger partial charge on any atom is 0.236 e. The van der Waals surface area contributed by atoms with Gasteiger partial charge in [-0.25, -0.2) is 29.9 Å². The molecule has 15 heteroatoms. The maximum absolute atomic E-state index is 6.71. The molecule has 12 aromatic heterocycles. The summed E-state index contributed by atoms with van der Waals surface area (Å²) in [6.07, 6.45) is 0. The minimum absolute atomic E-state index is 0.609. The molecule has 0 unspecified atom stereocenters. The predicted molar refractivity (Wildman–Crippen MR) is 624 cm³/mol. The van der Waals surface area contributed by atoms with Gasteiger partial charge in [-0.15, -0.1) is 34.0 Å². The first kappa shape index (κ1) is 83.3. The zero-order valence-electron chi connectivity index (χ0n) is 79.3. The van der Waals surface area contributed by atoms with Crippen LogP contribution in [0.3, 0.4) is 0 Å². The first-order valence-electron chi connectivity index (χ1n) is 50.0. The monoisotopic (exact) mass is 1950 g/mol. The van der Waals surface area contributed by atoms with Crippen molar-refractivity contribution in [2.45, 2.75) is 0 Å². The summed E-state index contributed by atoms with van der Waals surface area (Å²) in [5, 5.41) is 29.8. The number of hydrogen-bond donors (Lipinski definition) is 0. The van der Waals surface area contributed by atoms with Gasteiger partial charge in [-0.05, 0) is 157 Å². The van der Waals surface area contributed by atoms with E-state index in [1.54, 1.807) is 0 Å². The Kier molecular flexibility index (Phi) is 18.3. The Morgan fingerprint density at radius 2 is 0.483 bits per heavy atom. The Labute approximate surface area is 859 Å². The van der Waals surface area contributed by atoms with Gasteiger partial charge in [0.05, 0.1) is 33.1 Å². The van der Waals surface area contributed by atoms with Crippen molar-refractivity contribution in [3.63, 3.8) is 0 Å². The minimum Gasteiger partial charge on any atom is -0.452 e. The summed E-state index contributed by atoms with van der Waals surface area (Å²) < 4.78 is 34.4. The normalized spacial score (nSPS) is 12.2. The molecular weight excluding hydrogens is 1880 g/mol. The molecule has 0 atom stereocenters. The highest BCUT2D eigenvalue weighted by molar-refractivity contribution is 7.28. The molecule has 149 heavy (non-hydrogen) atoms. The molecular formula is C134H75N9O3S3. The summed E-state index contributed by atoms with van der Waals surface area (Å²) in [6, 6.07) is 161. The fourth-order valence-electron chi connectivity index (χ4n) is 23.7.